The van der Waals surface area contributed by atoms with E-state index in [2.05, 4.69) is 76.1 Å². The van der Waals surface area contributed by atoms with Crippen molar-refractivity contribution >= 4 is 22.4 Å². The Morgan fingerprint density at radius 3 is 2.30 bits per heavy atom. The van der Waals surface area contributed by atoms with Crippen LogP contribution in [-0.2, 0) is 23.9 Å². The third-order valence-corrected chi connectivity index (χ3v) is 5.72. The van der Waals surface area contributed by atoms with Crippen LogP contribution in [0.4, 0.5) is 5.13 Å². The first-order chi connectivity index (χ1) is 14.0. The number of hydrogen-bond acceptors (Lipinski definition) is 5. The molecule has 0 unspecified atom stereocenters. The van der Waals surface area contributed by atoms with Gasteiger partial charge in [0, 0.05) is 17.3 Å². The van der Waals surface area contributed by atoms with Crippen LogP contribution in [0.25, 0.3) is 0 Å². The summed E-state index contributed by atoms with van der Waals surface area (Å²) >= 11 is 1.37. The van der Waals surface area contributed by atoms with Crippen LogP contribution in [0.3, 0.4) is 0 Å². The minimum absolute atomic E-state index is 0.102. The van der Waals surface area contributed by atoms with Gasteiger partial charge in [0.1, 0.15) is 5.69 Å². The number of rotatable bonds is 5. The van der Waals surface area contributed by atoms with Gasteiger partial charge >= 0.3 is 0 Å². The zero-order valence-corrected chi connectivity index (χ0v) is 19.4. The van der Waals surface area contributed by atoms with Crippen molar-refractivity contribution in [3.8, 4) is 0 Å². The van der Waals surface area contributed by atoms with Gasteiger partial charge < -0.3 is 5.73 Å². The van der Waals surface area contributed by atoms with Gasteiger partial charge in [-0.2, -0.15) is 5.10 Å². The topological polar surface area (TPSA) is 85.8 Å². The van der Waals surface area contributed by atoms with Gasteiger partial charge in [-0.05, 0) is 22.6 Å². The predicted molar refractivity (Wildman–Crippen MR) is 123 cm³/mol. The van der Waals surface area contributed by atoms with Crippen LogP contribution in [0.1, 0.15) is 74.5 Å². The number of thiazole rings is 1. The van der Waals surface area contributed by atoms with Crippen LogP contribution in [0.2, 0.25) is 0 Å². The number of aromatic nitrogens is 3. The summed E-state index contributed by atoms with van der Waals surface area (Å²) in [6, 6.07) is 10.4. The lowest BCUT2D eigenvalue weighted by molar-refractivity contribution is 0.101. The van der Waals surface area contributed by atoms with Crippen molar-refractivity contribution in [2.75, 3.05) is 5.32 Å². The molecule has 6 nitrogen and oxygen atoms in total. The molecule has 7 heteroatoms. The Balaban J connectivity index is 1.89. The molecule has 2 heterocycles. The lowest BCUT2D eigenvalue weighted by Crippen LogP contribution is -2.18. The largest absolute Gasteiger partial charge is 0.325 e. The molecule has 0 spiro atoms. The first-order valence-corrected chi connectivity index (χ1v) is 11.0. The fourth-order valence-corrected chi connectivity index (χ4v) is 3.71. The lowest BCUT2D eigenvalue weighted by Gasteiger charge is -2.19. The molecule has 1 aromatic carbocycles. The summed E-state index contributed by atoms with van der Waals surface area (Å²) < 4.78 is 1.78. The second-order valence-electron chi connectivity index (χ2n) is 9.57. The Bertz CT molecular complexity index is 1020. The summed E-state index contributed by atoms with van der Waals surface area (Å²) in [7, 11) is 0. The van der Waals surface area contributed by atoms with E-state index in [9.17, 15) is 4.79 Å². The Morgan fingerprint density at radius 2 is 1.77 bits per heavy atom. The van der Waals surface area contributed by atoms with E-state index in [1.165, 1.54) is 16.9 Å². The van der Waals surface area contributed by atoms with E-state index >= 15 is 0 Å². The summed E-state index contributed by atoms with van der Waals surface area (Å²) in [5.74, 6) is -0.220. The van der Waals surface area contributed by atoms with Crippen molar-refractivity contribution < 1.29 is 4.79 Å². The van der Waals surface area contributed by atoms with Crippen molar-refractivity contribution in [3.05, 3.63) is 63.9 Å². The number of anilines is 1. The predicted octanol–water partition coefficient (Wildman–Crippen LogP) is 4.69. The highest BCUT2D eigenvalue weighted by Gasteiger charge is 2.24. The molecule has 160 valence electrons. The SMILES string of the molecule is CC(C)(C)c1ccc(Cn2nc(C(C)(C)C)cc2C(=O)Nc2nc(CN)cs2)cc1. The molecule has 0 fully saturated rings. The molecule has 0 aliphatic heterocycles. The van der Waals surface area contributed by atoms with Gasteiger partial charge in [-0.25, -0.2) is 4.98 Å². The maximum absolute atomic E-state index is 13.0. The van der Waals surface area contributed by atoms with Gasteiger partial charge in [0.25, 0.3) is 5.91 Å². The van der Waals surface area contributed by atoms with Crippen molar-refractivity contribution in [1.82, 2.24) is 14.8 Å². The minimum atomic E-state index is -0.220. The van der Waals surface area contributed by atoms with Gasteiger partial charge in [0.05, 0.1) is 17.9 Å². The standard InChI is InChI=1S/C23H31N5OS/c1-22(2,3)16-9-7-15(8-10-16)13-28-18(11-19(27-28)23(4,5)6)20(29)26-21-25-17(12-24)14-30-21/h7-11,14H,12-13,24H2,1-6H3,(H,25,26,29). The fraction of sp³-hybridized carbons (Fsp3) is 0.435. The molecule has 2 aromatic heterocycles. The van der Waals surface area contributed by atoms with Crippen LogP contribution in [0.15, 0.2) is 35.7 Å². The van der Waals surface area contributed by atoms with Gasteiger partial charge in [-0.15, -0.1) is 11.3 Å². The maximum atomic E-state index is 13.0. The molecule has 3 aromatic rings. The molecule has 1 amide bonds. The molecule has 0 saturated heterocycles. The quantitative estimate of drug-likeness (QED) is 0.621. The van der Waals surface area contributed by atoms with Crippen molar-refractivity contribution in [1.29, 1.82) is 0 Å². The summed E-state index contributed by atoms with van der Waals surface area (Å²) in [6.45, 7) is 13.7. The Morgan fingerprint density at radius 1 is 1.10 bits per heavy atom. The Kier molecular flexibility index (Phi) is 6.15. The minimum Gasteiger partial charge on any atom is -0.325 e. The number of hydrogen-bond donors (Lipinski definition) is 2. The van der Waals surface area contributed by atoms with Gasteiger partial charge in [0.2, 0.25) is 0 Å². The van der Waals surface area contributed by atoms with Crippen LogP contribution in [0.5, 0.6) is 0 Å². The summed E-state index contributed by atoms with van der Waals surface area (Å²) in [5.41, 5.74) is 10.1. The lowest BCUT2D eigenvalue weighted by atomic mass is 9.87. The van der Waals surface area contributed by atoms with E-state index in [1.807, 2.05) is 11.4 Å². The van der Waals surface area contributed by atoms with E-state index in [-0.39, 0.29) is 16.7 Å². The molecule has 0 bridgehead atoms. The number of amides is 1. The van der Waals surface area contributed by atoms with Crippen molar-refractivity contribution in [2.24, 2.45) is 5.73 Å². The normalized spacial score (nSPS) is 12.2. The second kappa shape index (κ2) is 8.32. The fourth-order valence-electron chi connectivity index (χ4n) is 2.99. The second-order valence-corrected chi connectivity index (χ2v) is 10.4. The van der Waals surface area contributed by atoms with Crippen LogP contribution in [-0.4, -0.2) is 20.7 Å². The van der Waals surface area contributed by atoms with Crippen LogP contribution < -0.4 is 11.1 Å². The van der Waals surface area contributed by atoms with Crippen LogP contribution in [0, 0.1) is 0 Å². The summed E-state index contributed by atoms with van der Waals surface area (Å²) in [5, 5.41) is 10.0. The molecular formula is C23H31N5OS. The number of nitrogens with zero attached hydrogens (tertiary/aromatic N) is 3. The van der Waals surface area contributed by atoms with Crippen LogP contribution >= 0.6 is 11.3 Å². The molecular weight excluding hydrogens is 394 g/mol. The zero-order valence-electron chi connectivity index (χ0n) is 18.6. The van der Waals surface area contributed by atoms with Gasteiger partial charge in [-0.3, -0.25) is 14.8 Å². The van der Waals surface area contributed by atoms with E-state index < -0.39 is 0 Å². The van der Waals surface area contributed by atoms with Crippen molar-refractivity contribution in [2.45, 2.75) is 65.5 Å². The summed E-state index contributed by atoms with van der Waals surface area (Å²) in [6.07, 6.45) is 0. The van der Waals surface area contributed by atoms with E-state index in [0.29, 0.717) is 23.9 Å². The molecule has 0 atom stereocenters. The third kappa shape index (κ3) is 5.15. The number of carbonyl (C=O) groups excluding carboxylic acids is 1. The number of nitrogens with one attached hydrogen (secondary N) is 1. The number of carbonyl (C=O) groups is 1. The molecule has 0 radical (unpaired) electrons. The Hall–Kier alpha value is -2.51. The van der Waals surface area contributed by atoms with E-state index in [1.54, 1.807) is 4.68 Å². The first kappa shape index (κ1) is 22.2. The van der Waals surface area contributed by atoms with Crippen molar-refractivity contribution in [3.63, 3.8) is 0 Å². The molecule has 30 heavy (non-hydrogen) atoms. The molecule has 3 rings (SSSR count). The monoisotopic (exact) mass is 425 g/mol. The first-order valence-electron chi connectivity index (χ1n) is 10.1. The third-order valence-electron chi connectivity index (χ3n) is 4.91. The van der Waals surface area contributed by atoms with E-state index in [4.69, 9.17) is 10.8 Å². The van der Waals surface area contributed by atoms with Gasteiger partial charge in [0.15, 0.2) is 5.13 Å². The molecule has 3 N–H and O–H groups in total. The summed E-state index contributed by atoms with van der Waals surface area (Å²) in [4.78, 5) is 17.3. The molecule has 0 aliphatic carbocycles. The van der Waals surface area contributed by atoms with E-state index in [0.717, 1.165) is 17.0 Å². The average Bonchev–Trinajstić information content (AvgIpc) is 3.28. The maximum Gasteiger partial charge on any atom is 0.275 e. The number of nitrogens with two attached hydrogens (primary N) is 1. The highest BCUT2D eigenvalue weighted by atomic mass is 32.1. The smallest absolute Gasteiger partial charge is 0.275 e. The highest BCUT2D eigenvalue weighted by molar-refractivity contribution is 7.13. The zero-order chi connectivity index (χ0) is 22.1. The molecule has 0 aliphatic rings. The van der Waals surface area contributed by atoms with Gasteiger partial charge in [-0.1, -0.05) is 65.8 Å². The highest BCUT2D eigenvalue weighted by Crippen LogP contribution is 2.25. The number of benzene rings is 1. The average molecular weight is 426 g/mol. The Labute approximate surface area is 182 Å². The molecule has 0 saturated carbocycles.